The number of ether oxygens (including phenoxy) is 2. The molecular formula is C21H37IN4O3. The van der Waals surface area contributed by atoms with Gasteiger partial charge in [0.15, 0.2) is 5.96 Å². The number of unbranched alkanes of at least 4 members (excludes halogenated alkanes) is 1. The molecule has 0 aliphatic carbocycles. The Kier molecular flexibility index (Phi) is 14.9. The van der Waals surface area contributed by atoms with Gasteiger partial charge in [0.2, 0.25) is 5.56 Å². The zero-order valence-electron chi connectivity index (χ0n) is 17.6. The maximum absolute atomic E-state index is 11.7. The van der Waals surface area contributed by atoms with E-state index < -0.39 is 0 Å². The minimum atomic E-state index is 0. The fourth-order valence-electron chi connectivity index (χ4n) is 3.12. The molecule has 0 saturated carbocycles. The lowest BCUT2D eigenvalue weighted by Gasteiger charge is -2.21. The molecule has 2 heterocycles. The van der Waals surface area contributed by atoms with Crippen molar-refractivity contribution in [1.82, 2.24) is 15.2 Å². The van der Waals surface area contributed by atoms with E-state index in [0.29, 0.717) is 5.92 Å². The van der Waals surface area contributed by atoms with Crippen LogP contribution >= 0.6 is 24.0 Å². The molecule has 0 aromatic carbocycles. The summed E-state index contributed by atoms with van der Waals surface area (Å²) in [5.74, 6) is 1.51. The summed E-state index contributed by atoms with van der Waals surface area (Å²) < 4.78 is 12.9. The smallest absolute Gasteiger partial charge is 0.250 e. The molecule has 8 heteroatoms. The molecule has 1 aromatic heterocycles. The Morgan fingerprint density at radius 1 is 1.24 bits per heavy atom. The van der Waals surface area contributed by atoms with Crippen LogP contribution in [0.25, 0.3) is 0 Å². The van der Waals surface area contributed by atoms with Crippen LogP contribution in [-0.2, 0) is 16.0 Å². The summed E-state index contributed by atoms with van der Waals surface area (Å²) in [6.45, 7) is 8.59. The number of guanidine groups is 1. The van der Waals surface area contributed by atoms with Crippen molar-refractivity contribution in [2.24, 2.45) is 10.9 Å². The van der Waals surface area contributed by atoms with Gasteiger partial charge in [-0.1, -0.05) is 6.07 Å². The molecule has 0 bridgehead atoms. The summed E-state index contributed by atoms with van der Waals surface area (Å²) in [5, 5.41) is 6.63. The Bertz CT molecular complexity index is 618. The first-order chi connectivity index (χ1) is 13.8. The number of aliphatic imine (C=N–C) groups is 1. The number of aryl methyl sites for hydroxylation is 1. The number of hydrogen-bond acceptors (Lipinski definition) is 4. The number of nitrogens with zero attached hydrogens (tertiary/aromatic N) is 2. The molecule has 0 atom stereocenters. The second kappa shape index (κ2) is 16.6. The average Bonchev–Trinajstić information content (AvgIpc) is 2.72. The van der Waals surface area contributed by atoms with Gasteiger partial charge in [-0.15, -0.1) is 24.0 Å². The number of aromatic nitrogens is 1. The van der Waals surface area contributed by atoms with Gasteiger partial charge in [-0.25, -0.2) is 0 Å². The van der Waals surface area contributed by atoms with Crippen LogP contribution < -0.4 is 16.2 Å². The summed E-state index contributed by atoms with van der Waals surface area (Å²) in [5.41, 5.74) is 0.0596. The second-order valence-electron chi connectivity index (χ2n) is 7.11. The molecular weight excluding hydrogens is 483 g/mol. The molecule has 0 radical (unpaired) electrons. The summed E-state index contributed by atoms with van der Waals surface area (Å²) >= 11 is 0. The molecule has 0 amide bonds. The van der Waals surface area contributed by atoms with E-state index >= 15 is 0 Å². The number of nitrogens with one attached hydrogen (secondary N) is 2. The predicted molar refractivity (Wildman–Crippen MR) is 128 cm³/mol. The largest absolute Gasteiger partial charge is 0.381 e. The minimum Gasteiger partial charge on any atom is -0.381 e. The van der Waals surface area contributed by atoms with E-state index in [0.717, 1.165) is 90.7 Å². The van der Waals surface area contributed by atoms with Gasteiger partial charge in [0.05, 0.1) is 0 Å². The van der Waals surface area contributed by atoms with E-state index in [-0.39, 0.29) is 29.5 Å². The van der Waals surface area contributed by atoms with E-state index in [1.807, 2.05) is 12.3 Å². The molecule has 1 aromatic rings. The molecule has 29 heavy (non-hydrogen) atoms. The van der Waals surface area contributed by atoms with Crippen LogP contribution in [0.3, 0.4) is 0 Å². The zero-order chi connectivity index (χ0) is 19.9. The first-order valence-electron chi connectivity index (χ1n) is 10.6. The predicted octanol–water partition coefficient (Wildman–Crippen LogP) is 2.63. The fourth-order valence-corrected chi connectivity index (χ4v) is 3.12. The van der Waals surface area contributed by atoms with Crippen LogP contribution in [0, 0.1) is 5.92 Å². The molecule has 2 rings (SSSR count). The monoisotopic (exact) mass is 520 g/mol. The van der Waals surface area contributed by atoms with Crippen molar-refractivity contribution in [1.29, 1.82) is 0 Å². The summed E-state index contributed by atoms with van der Waals surface area (Å²) in [6.07, 6.45) is 6.94. The van der Waals surface area contributed by atoms with Crippen LogP contribution in [0.15, 0.2) is 34.2 Å². The molecule has 1 aliphatic rings. The maximum Gasteiger partial charge on any atom is 0.250 e. The van der Waals surface area contributed by atoms with Gasteiger partial charge in [0.25, 0.3) is 0 Å². The van der Waals surface area contributed by atoms with Gasteiger partial charge in [-0.3, -0.25) is 9.79 Å². The zero-order valence-corrected chi connectivity index (χ0v) is 19.9. The van der Waals surface area contributed by atoms with Crippen LogP contribution in [0.5, 0.6) is 0 Å². The summed E-state index contributed by atoms with van der Waals surface area (Å²) in [4.78, 5) is 16.3. The van der Waals surface area contributed by atoms with Gasteiger partial charge in [-0.05, 0) is 51.0 Å². The van der Waals surface area contributed by atoms with E-state index in [1.54, 1.807) is 16.7 Å². The SMILES string of the molecule is CCNC(=NCCCOCC1CCOCC1)NCCCCn1ccccc1=O.I. The van der Waals surface area contributed by atoms with Gasteiger partial charge in [0.1, 0.15) is 0 Å². The third-order valence-corrected chi connectivity index (χ3v) is 4.77. The third-order valence-electron chi connectivity index (χ3n) is 4.77. The fraction of sp³-hybridized carbons (Fsp3) is 0.714. The molecule has 1 saturated heterocycles. The standard InChI is InChI=1S/C21H36N4O3.HI/c1-2-22-21(23-11-4-6-14-25-13-5-3-8-20(25)26)24-12-7-15-28-18-19-9-16-27-17-10-19;/h3,5,8,13,19H,2,4,6-7,9-12,14-18H2,1H3,(H2,22,23,24);1H. The van der Waals surface area contributed by atoms with Crippen molar-refractivity contribution >= 4 is 29.9 Å². The highest BCUT2D eigenvalue weighted by Crippen LogP contribution is 2.14. The molecule has 7 nitrogen and oxygen atoms in total. The molecule has 166 valence electrons. The van der Waals surface area contributed by atoms with Crippen LogP contribution in [-0.4, -0.2) is 56.6 Å². The van der Waals surface area contributed by atoms with Gasteiger partial charge < -0.3 is 24.7 Å². The number of hydrogen-bond donors (Lipinski definition) is 2. The lowest BCUT2D eigenvalue weighted by molar-refractivity contribution is 0.0205. The van der Waals surface area contributed by atoms with Gasteiger partial charge in [0, 0.05) is 64.9 Å². The number of rotatable bonds is 12. The maximum atomic E-state index is 11.7. The average molecular weight is 520 g/mol. The van der Waals surface area contributed by atoms with Gasteiger partial charge in [-0.2, -0.15) is 0 Å². The Balaban J connectivity index is 0.00000420. The lowest BCUT2D eigenvalue weighted by atomic mass is 10.0. The topological polar surface area (TPSA) is 76.9 Å². The van der Waals surface area contributed by atoms with Gasteiger partial charge >= 0.3 is 0 Å². The molecule has 0 spiro atoms. The lowest BCUT2D eigenvalue weighted by Crippen LogP contribution is -2.38. The highest BCUT2D eigenvalue weighted by Gasteiger charge is 2.13. The highest BCUT2D eigenvalue weighted by molar-refractivity contribution is 14.0. The number of pyridine rings is 1. The Morgan fingerprint density at radius 2 is 2.07 bits per heavy atom. The van der Waals surface area contributed by atoms with Crippen molar-refractivity contribution in [3.63, 3.8) is 0 Å². The van der Waals surface area contributed by atoms with E-state index in [4.69, 9.17) is 9.47 Å². The second-order valence-corrected chi connectivity index (χ2v) is 7.11. The van der Waals surface area contributed by atoms with Crippen LogP contribution in [0.4, 0.5) is 0 Å². The van der Waals surface area contributed by atoms with Crippen molar-refractivity contribution in [3.05, 3.63) is 34.7 Å². The minimum absolute atomic E-state index is 0. The summed E-state index contributed by atoms with van der Waals surface area (Å²) in [6, 6.07) is 5.26. The van der Waals surface area contributed by atoms with Crippen molar-refractivity contribution in [2.75, 3.05) is 46.1 Å². The Morgan fingerprint density at radius 3 is 2.83 bits per heavy atom. The number of halogens is 1. The highest BCUT2D eigenvalue weighted by atomic mass is 127. The Labute approximate surface area is 191 Å². The quantitative estimate of drug-likeness (QED) is 0.192. The van der Waals surface area contributed by atoms with E-state index in [2.05, 4.69) is 22.5 Å². The summed E-state index contributed by atoms with van der Waals surface area (Å²) in [7, 11) is 0. The molecule has 1 aliphatic heterocycles. The Hall–Kier alpha value is -1.13. The van der Waals surface area contributed by atoms with E-state index in [1.165, 1.54) is 0 Å². The van der Waals surface area contributed by atoms with Crippen molar-refractivity contribution in [3.8, 4) is 0 Å². The third kappa shape index (κ3) is 11.6. The first-order valence-corrected chi connectivity index (χ1v) is 10.6. The van der Waals surface area contributed by atoms with Crippen LogP contribution in [0.1, 0.15) is 39.0 Å². The molecule has 1 fully saturated rings. The molecule has 0 unspecified atom stereocenters. The normalized spacial score (nSPS) is 15.0. The van der Waals surface area contributed by atoms with E-state index in [9.17, 15) is 4.79 Å². The van der Waals surface area contributed by atoms with Crippen molar-refractivity contribution < 1.29 is 9.47 Å². The molecule has 2 N–H and O–H groups in total. The first kappa shape index (κ1) is 25.9. The van der Waals surface area contributed by atoms with Crippen molar-refractivity contribution in [2.45, 2.75) is 45.6 Å². The van der Waals surface area contributed by atoms with Crippen LogP contribution in [0.2, 0.25) is 0 Å².